The van der Waals surface area contributed by atoms with Crippen LogP contribution in [0.15, 0.2) is 4.42 Å². The van der Waals surface area contributed by atoms with Gasteiger partial charge >= 0.3 is 6.01 Å². The molecule has 2 heterocycles. The van der Waals surface area contributed by atoms with Crippen molar-refractivity contribution in [1.82, 2.24) is 10.2 Å². The molecule has 1 unspecified atom stereocenters. The van der Waals surface area contributed by atoms with Crippen LogP contribution in [-0.4, -0.2) is 22.6 Å². The number of rotatable bonds is 1. The molecule has 0 aliphatic carbocycles. The summed E-state index contributed by atoms with van der Waals surface area (Å²) in [4.78, 5) is 12.9. The van der Waals surface area contributed by atoms with Crippen molar-refractivity contribution in [3.8, 4) is 12.3 Å². The fourth-order valence-corrected chi connectivity index (χ4v) is 1.40. The van der Waals surface area contributed by atoms with E-state index in [1.165, 1.54) is 4.90 Å². The molecule has 1 fully saturated rings. The second-order valence-electron chi connectivity index (χ2n) is 3.18. The van der Waals surface area contributed by atoms with Gasteiger partial charge in [0.05, 0.1) is 0 Å². The second-order valence-corrected chi connectivity index (χ2v) is 3.18. The van der Waals surface area contributed by atoms with Gasteiger partial charge in [0.25, 0.3) is 0 Å². The Morgan fingerprint density at radius 3 is 2.93 bits per heavy atom. The molecule has 2 rings (SSSR count). The van der Waals surface area contributed by atoms with Gasteiger partial charge in [-0.05, 0) is 0 Å². The molecule has 1 aliphatic rings. The van der Waals surface area contributed by atoms with Crippen molar-refractivity contribution in [2.75, 3.05) is 11.4 Å². The SMILES string of the molecule is C#CC1CC(=O)N(c2nnc(C)o2)C1. The molecule has 1 aliphatic heterocycles. The Hall–Kier alpha value is -1.83. The summed E-state index contributed by atoms with van der Waals surface area (Å²) in [7, 11) is 0. The van der Waals surface area contributed by atoms with Gasteiger partial charge in [0.1, 0.15) is 0 Å². The molecular formula is C9H9N3O2. The summed E-state index contributed by atoms with van der Waals surface area (Å²) >= 11 is 0. The Morgan fingerprint density at radius 2 is 2.43 bits per heavy atom. The van der Waals surface area contributed by atoms with Crippen molar-refractivity contribution in [3.63, 3.8) is 0 Å². The molecule has 5 nitrogen and oxygen atoms in total. The van der Waals surface area contributed by atoms with Crippen molar-refractivity contribution in [1.29, 1.82) is 0 Å². The monoisotopic (exact) mass is 191 g/mol. The number of amides is 1. The fourth-order valence-electron chi connectivity index (χ4n) is 1.40. The minimum Gasteiger partial charge on any atom is -0.408 e. The highest BCUT2D eigenvalue weighted by Gasteiger charge is 2.32. The van der Waals surface area contributed by atoms with E-state index in [4.69, 9.17) is 10.8 Å². The van der Waals surface area contributed by atoms with E-state index in [0.29, 0.717) is 18.9 Å². The zero-order valence-electron chi connectivity index (χ0n) is 7.73. The average Bonchev–Trinajstić information content (AvgIpc) is 2.71. The van der Waals surface area contributed by atoms with Gasteiger partial charge < -0.3 is 4.42 Å². The van der Waals surface area contributed by atoms with Crippen LogP contribution in [0.4, 0.5) is 6.01 Å². The van der Waals surface area contributed by atoms with Crippen molar-refractivity contribution in [3.05, 3.63) is 5.89 Å². The smallest absolute Gasteiger partial charge is 0.325 e. The van der Waals surface area contributed by atoms with Gasteiger partial charge in [-0.25, -0.2) is 0 Å². The molecule has 0 radical (unpaired) electrons. The molecular weight excluding hydrogens is 182 g/mol. The van der Waals surface area contributed by atoms with Crippen LogP contribution in [0.25, 0.3) is 0 Å². The van der Waals surface area contributed by atoms with Gasteiger partial charge in [-0.3, -0.25) is 9.69 Å². The summed E-state index contributed by atoms with van der Waals surface area (Å²) in [5, 5.41) is 7.42. The number of terminal acetylenes is 1. The van der Waals surface area contributed by atoms with Gasteiger partial charge in [-0.15, -0.1) is 17.4 Å². The Labute approximate surface area is 81.1 Å². The van der Waals surface area contributed by atoms with Crippen LogP contribution in [0.5, 0.6) is 0 Å². The highest BCUT2D eigenvalue weighted by atomic mass is 16.4. The van der Waals surface area contributed by atoms with Crippen molar-refractivity contribution < 1.29 is 9.21 Å². The molecule has 0 bridgehead atoms. The Morgan fingerprint density at radius 1 is 1.64 bits per heavy atom. The third-order valence-electron chi connectivity index (χ3n) is 2.11. The lowest BCUT2D eigenvalue weighted by molar-refractivity contribution is -0.117. The Balaban J connectivity index is 2.21. The van der Waals surface area contributed by atoms with Crippen LogP contribution in [0.1, 0.15) is 12.3 Å². The quantitative estimate of drug-likeness (QED) is 0.601. The molecule has 1 aromatic heterocycles. The van der Waals surface area contributed by atoms with E-state index in [9.17, 15) is 4.79 Å². The standard InChI is InChI=1S/C9H9N3O2/c1-3-7-4-8(13)12(5-7)9-11-10-6(2)14-9/h1,7H,4-5H2,2H3. The topological polar surface area (TPSA) is 59.2 Å². The first-order valence-electron chi connectivity index (χ1n) is 4.27. The van der Waals surface area contributed by atoms with E-state index in [-0.39, 0.29) is 17.8 Å². The van der Waals surface area contributed by atoms with E-state index in [1.807, 2.05) is 0 Å². The summed E-state index contributed by atoms with van der Waals surface area (Å²) in [6.45, 7) is 2.15. The lowest BCUT2D eigenvalue weighted by Crippen LogP contribution is -2.24. The normalized spacial score (nSPS) is 21.3. The van der Waals surface area contributed by atoms with E-state index >= 15 is 0 Å². The first-order chi connectivity index (χ1) is 6.70. The van der Waals surface area contributed by atoms with Crippen LogP contribution >= 0.6 is 0 Å². The first-order valence-corrected chi connectivity index (χ1v) is 4.27. The van der Waals surface area contributed by atoms with Crippen LogP contribution in [0.3, 0.4) is 0 Å². The molecule has 14 heavy (non-hydrogen) atoms. The molecule has 1 atom stereocenters. The van der Waals surface area contributed by atoms with E-state index in [0.717, 1.165) is 0 Å². The van der Waals surface area contributed by atoms with E-state index < -0.39 is 0 Å². The summed E-state index contributed by atoms with van der Waals surface area (Å²) in [6.07, 6.45) is 5.61. The predicted molar refractivity (Wildman–Crippen MR) is 48.3 cm³/mol. The fraction of sp³-hybridized carbons (Fsp3) is 0.444. The largest absolute Gasteiger partial charge is 0.408 e. The first kappa shape index (κ1) is 8.75. The number of aryl methyl sites for hydroxylation is 1. The number of carbonyl (C=O) groups excluding carboxylic acids is 1. The maximum absolute atomic E-state index is 11.5. The van der Waals surface area contributed by atoms with Crippen LogP contribution in [0.2, 0.25) is 0 Å². The summed E-state index contributed by atoms with van der Waals surface area (Å²) in [5.74, 6) is 2.88. The third kappa shape index (κ3) is 1.35. The predicted octanol–water partition coefficient (Wildman–Crippen LogP) is 0.364. The van der Waals surface area contributed by atoms with Gasteiger partial charge in [0.2, 0.25) is 11.8 Å². The zero-order chi connectivity index (χ0) is 10.1. The third-order valence-corrected chi connectivity index (χ3v) is 2.11. The van der Waals surface area contributed by atoms with Gasteiger partial charge in [-0.2, -0.15) is 0 Å². The van der Waals surface area contributed by atoms with E-state index in [2.05, 4.69) is 16.1 Å². The van der Waals surface area contributed by atoms with Gasteiger partial charge in [0.15, 0.2) is 0 Å². The number of carbonyl (C=O) groups is 1. The number of anilines is 1. The minimum absolute atomic E-state index is 0.0466. The lowest BCUT2D eigenvalue weighted by Gasteiger charge is -2.08. The maximum Gasteiger partial charge on any atom is 0.325 e. The van der Waals surface area contributed by atoms with Crippen molar-refractivity contribution in [2.45, 2.75) is 13.3 Å². The number of aromatic nitrogens is 2. The molecule has 0 spiro atoms. The maximum atomic E-state index is 11.5. The molecule has 72 valence electrons. The second kappa shape index (κ2) is 3.14. The summed E-state index contributed by atoms with van der Waals surface area (Å²) < 4.78 is 5.14. The molecule has 1 saturated heterocycles. The molecule has 5 heteroatoms. The highest BCUT2D eigenvalue weighted by Crippen LogP contribution is 2.22. The number of hydrogen-bond acceptors (Lipinski definition) is 4. The molecule has 0 N–H and O–H groups in total. The average molecular weight is 191 g/mol. The molecule has 1 amide bonds. The van der Waals surface area contributed by atoms with Crippen LogP contribution in [0, 0.1) is 25.2 Å². The molecule has 0 aromatic carbocycles. The molecule has 0 saturated carbocycles. The Kier molecular flexibility index (Phi) is 1.97. The number of hydrogen-bond donors (Lipinski definition) is 0. The van der Waals surface area contributed by atoms with Crippen LogP contribution < -0.4 is 4.90 Å². The minimum atomic E-state index is -0.0587. The van der Waals surface area contributed by atoms with E-state index in [1.54, 1.807) is 6.92 Å². The molecule has 1 aromatic rings. The summed E-state index contributed by atoms with van der Waals surface area (Å²) in [6, 6.07) is 0.241. The Bertz CT molecular complexity index is 404. The highest BCUT2D eigenvalue weighted by molar-refractivity contribution is 5.94. The zero-order valence-corrected chi connectivity index (χ0v) is 7.73. The number of nitrogens with zero attached hydrogens (tertiary/aromatic N) is 3. The van der Waals surface area contributed by atoms with Gasteiger partial charge in [-0.1, -0.05) is 5.10 Å². The van der Waals surface area contributed by atoms with Crippen LogP contribution in [-0.2, 0) is 4.79 Å². The summed E-state index contributed by atoms with van der Waals surface area (Å²) in [5.41, 5.74) is 0. The van der Waals surface area contributed by atoms with Crippen molar-refractivity contribution in [2.24, 2.45) is 5.92 Å². The van der Waals surface area contributed by atoms with Gasteiger partial charge in [0, 0.05) is 25.8 Å². The lowest BCUT2D eigenvalue weighted by atomic mass is 10.1. The van der Waals surface area contributed by atoms with Crippen molar-refractivity contribution >= 4 is 11.9 Å².